The minimum Gasteiger partial charge on any atom is -0.305 e. The van der Waals surface area contributed by atoms with Gasteiger partial charge >= 0.3 is 0 Å². The number of halogens is 2. The molecule has 11 heteroatoms. The smallest absolute Gasteiger partial charge is 0.230 e. The van der Waals surface area contributed by atoms with E-state index in [0.29, 0.717) is 46.3 Å². The monoisotopic (exact) mass is 563 g/mol. The zero-order valence-electron chi connectivity index (χ0n) is 19.5. The minimum absolute atomic E-state index is 0.0378. The molecule has 0 radical (unpaired) electrons. The number of amides is 1. The number of rotatable bonds is 11. The molecule has 2 rings (SSSR count). The highest BCUT2D eigenvalue weighted by molar-refractivity contribution is 8.26. The van der Waals surface area contributed by atoms with Gasteiger partial charge in [-0.05, 0) is 60.7 Å². The summed E-state index contributed by atoms with van der Waals surface area (Å²) in [6.07, 6.45) is 2.30. The van der Waals surface area contributed by atoms with E-state index in [-0.39, 0.29) is 46.2 Å². The Bertz CT molecular complexity index is 1070. The molecule has 0 unspecified atom stereocenters. The van der Waals surface area contributed by atoms with E-state index in [9.17, 15) is 9.59 Å². The molecule has 0 bridgehead atoms. The highest BCUT2D eigenvalue weighted by Crippen LogP contribution is 2.19. The summed E-state index contributed by atoms with van der Waals surface area (Å²) in [5, 5.41) is 36.0. The van der Waals surface area contributed by atoms with Crippen molar-refractivity contribution in [1.29, 1.82) is 21.6 Å². The zero-order chi connectivity index (χ0) is 26.5. The van der Waals surface area contributed by atoms with Crippen molar-refractivity contribution in [2.75, 3.05) is 0 Å². The minimum atomic E-state index is -0.369. The molecular formula is C25H27Cl2N5O2S2. The Kier molecular flexibility index (Phi) is 12.9. The molecule has 2 aromatic rings. The Morgan fingerprint density at radius 3 is 1.78 bits per heavy atom. The second-order valence-electron chi connectivity index (χ2n) is 7.81. The number of Topliss-reactive ketones (excluding diaryl/α,β-unsaturated/α-hetero) is 1. The summed E-state index contributed by atoms with van der Waals surface area (Å²) in [6.45, 7) is 0. The first-order chi connectivity index (χ1) is 17.1. The van der Waals surface area contributed by atoms with Crippen LogP contribution in [0.3, 0.4) is 0 Å². The van der Waals surface area contributed by atoms with Crippen molar-refractivity contribution in [3.63, 3.8) is 0 Å². The van der Waals surface area contributed by atoms with Gasteiger partial charge in [0, 0.05) is 16.5 Å². The van der Waals surface area contributed by atoms with Crippen LogP contribution >= 0.6 is 46.7 Å². The van der Waals surface area contributed by atoms with E-state index in [2.05, 4.69) is 5.32 Å². The number of carbonyl (C=O) groups excluding carboxylic acids is 2. The number of unbranched alkanes of at least 4 members (excludes halogenated alkanes) is 1. The predicted molar refractivity (Wildman–Crippen MR) is 153 cm³/mol. The molecular weight excluding hydrogens is 537 g/mol. The number of amidine groups is 1. The average Bonchev–Trinajstić information content (AvgIpc) is 2.79. The molecule has 0 heterocycles. The van der Waals surface area contributed by atoms with Crippen molar-refractivity contribution in [2.45, 2.75) is 44.9 Å². The molecule has 0 aromatic heterocycles. The Hall–Kier alpha value is -2.46. The molecule has 0 aliphatic rings. The molecule has 1 amide bonds. The van der Waals surface area contributed by atoms with E-state index in [1.54, 1.807) is 42.5 Å². The number of hydrogen-bond acceptors (Lipinski definition) is 8. The zero-order valence-corrected chi connectivity index (χ0v) is 22.6. The van der Waals surface area contributed by atoms with Crippen LogP contribution in [0.25, 0.3) is 0 Å². The molecule has 2 aromatic carbocycles. The van der Waals surface area contributed by atoms with Crippen LogP contribution in [0.1, 0.15) is 43.2 Å². The van der Waals surface area contributed by atoms with E-state index in [1.807, 2.05) is 6.07 Å². The highest BCUT2D eigenvalue weighted by atomic mass is 35.5. The summed E-state index contributed by atoms with van der Waals surface area (Å²) < 4.78 is 0. The van der Waals surface area contributed by atoms with Crippen molar-refractivity contribution < 1.29 is 9.59 Å². The molecule has 5 N–H and O–H groups in total. The number of benzene rings is 2. The first-order valence-electron chi connectivity index (χ1n) is 11.1. The summed E-state index contributed by atoms with van der Waals surface area (Å²) in [4.78, 5) is 24.3. The fourth-order valence-corrected chi connectivity index (χ4v) is 4.93. The van der Waals surface area contributed by atoms with Gasteiger partial charge in [0.05, 0.1) is 28.0 Å². The van der Waals surface area contributed by atoms with Crippen molar-refractivity contribution >= 4 is 78.7 Å². The third-order valence-corrected chi connectivity index (χ3v) is 7.13. The van der Waals surface area contributed by atoms with Crippen molar-refractivity contribution in [2.24, 2.45) is 0 Å². The molecule has 0 fully saturated rings. The van der Waals surface area contributed by atoms with Crippen LogP contribution in [0.2, 0.25) is 10.0 Å². The summed E-state index contributed by atoms with van der Waals surface area (Å²) in [5.74, 6) is -0.494. The van der Waals surface area contributed by atoms with Crippen LogP contribution in [0.4, 0.5) is 0 Å². The lowest BCUT2D eigenvalue weighted by Crippen LogP contribution is -2.29. The largest absolute Gasteiger partial charge is 0.305 e. The third kappa shape index (κ3) is 11.5. The predicted octanol–water partition coefficient (Wildman–Crippen LogP) is 6.75. The summed E-state index contributed by atoms with van der Waals surface area (Å²) in [5.41, 5.74) is 1.40. The van der Waals surface area contributed by atoms with E-state index >= 15 is 0 Å². The Morgan fingerprint density at radius 1 is 0.722 bits per heavy atom. The van der Waals surface area contributed by atoms with Gasteiger partial charge in [-0.3, -0.25) is 31.2 Å². The van der Waals surface area contributed by atoms with Gasteiger partial charge in [-0.1, -0.05) is 71.4 Å². The van der Waals surface area contributed by atoms with Crippen LogP contribution in [-0.2, 0) is 22.4 Å². The van der Waals surface area contributed by atoms with Crippen LogP contribution in [0, 0.1) is 21.6 Å². The Labute approximate surface area is 229 Å². The van der Waals surface area contributed by atoms with Crippen LogP contribution in [0.5, 0.6) is 0 Å². The summed E-state index contributed by atoms with van der Waals surface area (Å²) >= 11 is 14.0. The molecule has 0 atom stereocenters. The lowest BCUT2D eigenvalue weighted by molar-refractivity contribution is -0.119. The van der Waals surface area contributed by atoms with Gasteiger partial charge in [0.25, 0.3) is 0 Å². The normalized spacial score (nSPS) is 10.5. The number of hydrogen-bond donors (Lipinski definition) is 5. The molecule has 0 aliphatic carbocycles. The summed E-state index contributed by atoms with van der Waals surface area (Å²) in [6, 6.07) is 14.1. The van der Waals surface area contributed by atoms with Crippen LogP contribution in [-0.4, -0.2) is 32.0 Å². The lowest BCUT2D eigenvalue weighted by Gasteiger charge is -2.09. The van der Waals surface area contributed by atoms with Crippen molar-refractivity contribution in [1.82, 2.24) is 5.32 Å². The number of ketones is 1. The summed E-state index contributed by atoms with van der Waals surface area (Å²) in [7, 11) is 0. The third-order valence-electron chi connectivity index (χ3n) is 4.79. The van der Waals surface area contributed by atoms with Gasteiger partial charge in [0.1, 0.15) is 5.78 Å². The van der Waals surface area contributed by atoms with Gasteiger partial charge in [-0.2, -0.15) is 0 Å². The maximum atomic E-state index is 12.2. The standard InChI is InChI=1S/C25H27Cl2N5O2S2/c26-19-9-3-1-7-16(19)13-18(33)15-23(30)35-21(28)11-5-6-12-22(29)36-25(31)32-24(34)14-17-8-2-4-10-20(17)27/h1-4,7-10,28-30H,5-6,11-15H2,(H2,31,32,34). The van der Waals surface area contributed by atoms with Gasteiger partial charge in [-0.15, -0.1) is 0 Å². The highest BCUT2D eigenvalue weighted by Gasteiger charge is 2.13. The topological polar surface area (TPSA) is 142 Å². The van der Waals surface area contributed by atoms with Crippen molar-refractivity contribution in [3.8, 4) is 0 Å². The molecule has 190 valence electrons. The van der Waals surface area contributed by atoms with E-state index in [4.69, 9.17) is 44.8 Å². The van der Waals surface area contributed by atoms with E-state index in [0.717, 1.165) is 29.1 Å². The molecule has 36 heavy (non-hydrogen) atoms. The maximum Gasteiger partial charge on any atom is 0.230 e. The number of carbonyl (C=O) groups is 2. The molecule has 0 aliphatic heterocycles. The molecule has 0 spiro atoms. The average molecular weight is 565 g/mol. The Morgan fingerprint density at radius 2 is 1.22 bits per heavy atom. The van der Waals surface area contributed by atoms with E-state index in [1.165, 1.54) is 0 Å². The second kappa shape index (κ2) is 15.6. The van der Waals surface area contributed by atoms with Crippen LogP contribution < -0.4 is 5.32 Å². The number of nitrogens with one attached hydrogen (secondary N) is 5. The lowest BCUT2D eigenvalue weighted by atomic mass is 10.1. The van der Waals surface area contributed by atoms with Crippen molar-refractivity contribution in [3.05, 3.63) is 69.7 Å². The van der Waals surface area contributed by atoms with E-state index < -0.39 is 0 Å². The molecule has 0 saturated carbocycles. The second-order valence-corrected chi connectivity index (χ2v) is 10.9. The fourth-order valence-electron chi connectivity index (χ4n) is 3.09. The first-order valence-corrected chi connectivity index (χ1v) is 13.5. The molecule has 0 saturated heterocycles. The van der Waals surface area contributed by atoms with Gasteiger partial charge in [0.15, 0.2) is 5.17 Å². The van der Waals surface area contributed by atoms with Gasteiger partial charge in [0.2, 0.25) is 5.91 Å². The fraction of sp³-hybridized carbons (Fsp3) is 0.280. The molecule has 7 nitrogen and oxygen atoms in total. The van der Waals surface area contributed by atoms with Crippen LogP contribution in [0.15, 0.2) is 48.5 Å². The SMILES string of the molecule is N=C(CCCCC(=N)SC(=N)NC(=O)Cc1ccccc1Cl)SC(=N)CC(=O)Cc1ccccc1Cl. The van der Waals surface area contributed by atoms with Gasteiger partial charge in [-0.25, -0.2) is 0 Å². The van der Waals surface area contributed by atoms with Gasteiger partial charge < -0.3 is 5.32 Å². The number of thioether (sulfide) groups is 2. The quantitative estimate of drug-likeness (QED) is 0.117. The first kappa shape index (κ1) is 29.8. The Balaban J connectivity index is 1.59. The maximum absolute atomic E-state index is 12.2.